The number of aryl methyl sites for hydroxylation is 2. The van der Waals surface area contributed by atoms with E-state index in [0.717, 1.165) is 31.0 Å². The summed E-state index contributed by atoms with van der Waals surface area (Å²) in [5.41, 5.74) is 6.27. The summed E-state index contributed by atoms with van der Waals surface area (Å²) in [6.45, 7) is 7.50. The molecule has 1 aliphatic rings. The number of hydrogen-bond donors (Lipinski definition) is 0. The lowest BCUT2D eigenvalue weighted by Gasteiger charge is -2.18. The van der Waals surface area contributed by atoms with Gasteiger partial charge in [0.15, 0.2) is 0 Å². The standard InChI is InChI=1S/C21H24N4/c1-16-12-21(25-11-7-17(2)23-25)6-5-19(16)14-24-10-8-20(15-24)18-4-3-9-22-13-18/h3-7,9,11-13,20H,8,10,14-15H2,1-2H3. The topological polar surface area (TPSA) is 34.0 Å². The van der Waals surface area contributed by atoms with E-state index in [2.05, 4.69) is 46.2 Å². The minimum Gasteiger partial charge on any atom is -0.298 e. The molecule has 0 radical (unpaired) electrons. The molecule has 4 heteroatoms. The summed E-state index contributed by atoms with van der Waals surface area (Å²) in [6.07, 6.45) is 7.10. The quantitative estimate of drug-likeness (QED) is 0.727. The van der Waals surface area contributed by atoms with E-state index in [-0.39, 0.29) is 0 Å². The van der Waals surface area contributed by atoms with Crippen LogP contribution in [0.15, 0.2) is 55.0 Å². The van der Waals surface area contributed by atoms with Crippen molar-refractivity contribution >= 4 is 0 Å². The van der Waals surface area contributed by atoms with Gasteiger partial charge in [0, 0.05) is 31.7 Å². The second-order valence-corrected chi connectivity index (χ2v) is 7.02. The second kappa shape index (κ2) is 6.81. The maximum atomic E-state index is 4.50. The molecule has 4 rings (SSSR count). The first-order chi connectivity index (χ1) is 12.2. The average molecular weight is 332 g/mol. The minimum absolute atomic E-state index is 0.611. The summed E-state index contributed by atoms with van der Waals surface area (Å²) >= 11 is 0. The number of hydrogen-bond acceptors (Lipinski definition) is 3. The molecule has 0 saturated carbocycles. The Kier molecular flexibility index (Phi) is 4.36. The molecule has 1 fully saturated rings. The molecule has 4 nitrogen and oxygen atoms in total. The fourth-order valence-corrected chi connectivity index (χ4v) is 3.67. The molecule has 1 atom stereocenters. The number of aromatic nitrogens is 3. The molecule has 0 N–H and O–H groups in total. The predicted molar refractivity (Wildman–Crippen MR) is 99.9 cm³/mol. The molecular weight excluding hydrogens is 308 g/mol. The number of nitrogens with zero attached hydrogens (tertiary/aromatic N) is 4. The molecule has 3 aromatic rings. The Morgan fingerprint density at radius 2 is 2.08 bits per heavy atom. The summed E-state index contributed by atoms with van der Waals surface area (Å²) in [5, 5.41) is 4.50. The maximum absolute atomic E-state index is 4.50. The summed E-state index contributed by atoms with van der Waals surface area (Å²) in [7, 11) is 0. The first-order valence-corrected chi connectivity index (χ1v) is 8.93. The van der Waals surface area contributed by atoms with Crippen LogP contribution in [0.5, 0.6) is 0 Å². The fraction of sp³-hybridized carbons (Fsp3) is 0.333. The summed E-state index contributed by atoms with van der Waals surface area (Å²) in [4.78, 5) is 6.82. The zero-order valence-electron chi connectivity index (χ0n) is 14.9. The van der Waals surface area contributed by atoms with E-state index in [1.54, 1.807) is 0 Å². The molecule has 0 spiro atoms. The molecule has 2 aromatic heterocycles. The molecule has 1 aromatic carbocycles. The Labute approximate surface area is 149 Å². The van der Waals surface area contributed by atoms with Gasteiger partial charge in [-0.15, -0.1) is 0 Å². The number of benzene rings is 1. The van der Waals surface area contributed by atoms with E-state index in [1.807, 2.05) is 42.3 Å². The van der Waals surface area contributed by atoms with E-state index in [0.29, 0.717) is 5.92 Å². The van der Waals surface area contributed by atoms with Crippen LogP contribution in [0.4, 0.5) is 0 Å². The van der Waals surface area contributed by atoms with Crippen LogP contribution in [0.2, 0.25) is 0 Å². The van der Waals surface area contributed by atoms with Gasteiger partial charge in [-0.25, -0.2) is 4.68 Å². The van der Waals surface area contributed by atoms with Crippen molar-refractivity contribution in [3.63, 3.8) is 0 Å². The van der Waals surface area contributed by atoms with Gasteiger partial charge in [0.2, 0.25) is 0 Å². The van der Waals surface area contributed by atoms with E-state index in [1.165, 1.54) is 23.1 Å². The van der Waals surface area contributed by atoms with Gasteiger partial charge in [0.1, 0.15) is 0 Å². The summed E-state index contributed by atoms with van der Waals surface area (Å²) in [6, 6.07) is 12.9. The van der Waals surface area contributed by atoms with E-state index in [4.69, 9.17) is 0 Å². The van der Waals surface area contributed by atoms with Crippen LogP contribution in [0.25, 0.3) is 5.69 Å². The van der Waals surface area contributed by atoms with Crippen LogP contribution in [0.1, 0.15) is 34.7 Å². The SMILES string of the molecule is Cc1ccn(-c2ccc(CN3CCC(c4cccnc4)C3)c(C)c2)n1. The third kappa shape index (κ3) is 3.49. The Bertz CT molecular complexity index is 853. The van der Waals surface area contributed by atoms with Crippen molar-refractivity contribution in [2.45, 2.75) is 32.7 Å². The van der Waals surface area contributed by atoms with Crippen molar-refractivity contribution in [2.75, 3.05) is 13.1 Å². The monoisotopic (exact) mass is 332 g/mol. The van der Waals surface area contributed by atoms with Crippen molar-refractivity contribution in [3.05, 3.63) is 77.4 Å². The predicted octanol–water partition coefficient (Wildman–Crippen LogP) is 3.87. The Hall–Kier alpha value is -2.46. The van der Waals surface area contributed by atoms with Crippen molar-refractivity contribution in [3.8, 4) is 5.69 Å². The minimum atomic E-state index is 0.611. The summed E-state index contributed by atoms with van der Waals surface area (Å²) in [5.74, 6) is 0.611. The third-order valence-electron chi connectivity index (χ3n) is 5.14. The van der Waals surface area contributed by atoms with Gasteiger partial charge in [-0.3, -0.25) is 9.88 Å². The van der Waals surface area contributed by atoms with E-state index >= 15 is 0 Å². The van der Waals surface area contributed by atoms with Crippen molar-refractivity contribution in [2.24, 2.45) is 0 Å². The lowest BCUT2D eigenvalue weighted by atomic mass is 10.0. The average Bonchev–Trinajstić information content (AvgIpc) is 3.27. The van der Waals surface area contributed by atoms with E-state index in [9.17, 15) is 0 Å². The third-order valence-corrected chi connectivity index (χ3v) is 5.14. The van der Waals surface area contributed by atoms with Gasteiger partial charge in [-0.05, 0) is 73.7 Å². The largest absolute Gasteiger partial charge is 0.298 e. The van der Waals surface area contributed by atoms with Gasteiger partial charge in [-0.2, -0.15) is 5.10 Å². The molecule has 25 heavy (non-hydrogen) atoms. The van der Waals surface area contributed by atoms with Crippen LogP contribution in [0, 0.1) is 13.8 Å². The van der Waals surface area contributed by atoms with Crippen molar-refractivity contribution in [1.82, 2.24) is 19.7 Å². The molecule has 1 saturated heterocycles. The zero-order valence-corrected chi connectivity index (χ0v) is 14.9. The highest BCUT2D eigenvalue weighted by atomic mass is 15.3. The second-order valence-electron chi connectivity index (χ2n) is 7.02. The molecule has 0 bridgehead atoms. The van der Waals surface area contributed by atoms with Gasteiger partial charge in [-0.1, -0.05) is 12.1 Å². The van der Waals surface area contributed by atoms with Crippen molar-refractivity contribution < 1.29 is 0 Å². The Morgan fingerprint density at radius 3 is 2.80 bits per heavy atom. The van der Waals surface area contributed by atoms with Crippen LogP contribution in [-0.4, -0.2) is 32.8 Å². The maximum Gasteiger partial charge on any atom is 0.0648 e. The van der Waals surface area contributed by atoms with E-state index < -0.39 is 0 Å². The first-order valence-electron chi connectivity index (χ1n) is 8.93. The number of likely N-dealkylation sites (tertiary alicyclic amines) is 1. The molecule has 0 amide bonds. The zero-order chi connectivity index (χ0) is 17.2. The highest BCUT2D eigenvalue weighted by molar-refractivity contribution is 5.39. The molecule has 0 aliphatic carbocycles. The van der Waals surface area contributed by atoms with Gasteiger partial charge >= 0.3 is 0 Å². The van der Waals surface area contributed by atoms with Gasteiger partial charge in [0.25, 0.3) is 0 Å². The Morgan fingerprint density at radius 1 is 1.16 bits per heavy atom. The number of pyridine rings is 1. The number of rotatable bonds is 4. The molecule has 128 valence electrons. The van der Waals surface area contributed by atoms with Crippen LogP contribution in [-0.2, 0) is 6.54 Å². The van der Waals surface area contributed by atoms with Crippen LogP contribution in [0.3, 0.4) is 0 Å². The van der Waals surface area contributed by atoms with Crippen LogP contribution >= 0.6 is 0 Å². The molecule has 1 aliphatic heterocycles. The lowest BCUT2D eigenvalue weighted by molar-refractivity contribution is 0.326. The molecule has 1 unspecified atom stereocenters. The normalized spacial score (nSPS) is 17.9. The van der Waals surface area contributed by atoms with Crippen molar-refractivity contribution in [1.29, 1.82) is 0 Å². The van der Waals surface area contributed by atoms with Crippen LogP contribution < -0.4 is 0 Å². The van der Waals surface area contributed by atoms with Gasteiger partial charge in [0.05, 0.1) is 11.4 Å². The fourth-order valence-electron chi connectivity index (χ4n) is 3.67. The summed E-state index contributed by atoms with van der Waals surface area (Å²) < 4.78 is 1.94. The molecule has 3 heterocycles. The highest BCUT2D eigenvalue weighted by Gasteiger charge is 2.24. The smallest absolute Gasteiger partial charge is 0.0648 e. The lowest BCUT2D eigenvalue weighted by Crippen LogP contribution is -2.20. The Balaban J connectivity index is 1.45. The highest BCUT2D eigenvalue weighted by Crippen LogP contribution is 2.28. The molecular formula is C21H24N4. The first kappa shape index (κ1) is 16.0. The van der Waals surface area contributed by atoms with Gasteiger partial charge < -0.3 is 0 Å².